The van der Waals surface area contributed by atoms with E-state index in [-0.39, 0.29) is 51.8 Å². The number of aromatic amines is 1. The number of ether oxygens (including phenoxy) is 7. The number of esters is 3. The van der Waals surface area contributed by atoms with Crippen LogP contribution in [0.1, 0.15) is 15.9 Å². The molecule has 0 spiro atoms. The van der Waals surface area contributed by atoms with Gasteiger partial charge in [-0.05, 0) is 48.9 Å². The van der Waals surface area contributed by atoms with Crippen LogP contribution in [-0.4, -0.2) is 115 Å². The van der Waals surface area contributed by atoms with Gasteiger partial charge in [0, 0.05) is 35.6 Å². The highest BCUT2D eigenvalue weighted by molar-refractivity contribution is 5.96. The fraction of sp³-hybridized carbons (Fsp3) is 0.351. The van der Waals surface area contributed by atoms with E-state index in [9.17, 15) is 24.3 Å². The number of aliphatic carboxylic acids is 1. The first-order chi connectivity index (χ1) is 25.1. The van der Waals surface area contributed by atoms with E-state index in [0.717, 1.165) is 10.9 Å². The molecule has 0 unspecified atom stereocenters. The van der Waals surface area contributed by atoms with Gasteiger partial charge in [0.15, 0.2) is 6.61 Å². The highest BCUT2D eigenvalue weighted by atomic mass is 16.5. The van der Waals surface area contributed by atoms with Crippen molar-refractivity contribution in [1.82, 2.24) is 4.98 Å². The van der Waals surface area contributed by atoms with Crippen LogP contribution in [0, 0.1) is 6.92 Å². The van der Waals surface area contributed by atoms with Gasteiger partial charge in [0.25, 0.3) is 0 Å². The Morgan fingerprint density at radius 2 is 1.42 bits per heavy atom. The predicted octanol–water partition coefficient (Wildman–Crippen LogP) is 3.84. The number of nitrogens with one attached hydrogen (secondary N) is 1. The quantitative estimate of drug-likeness (QED) is 0.189. The van der Waals surface area contributed by atoms with Gasteiger partial charge in [0.1, 0.15) is 43.6 Å². The molecule has 3 aromatic carbocycles. The maximum Gasteiger partial charge on any atom is 0.341 e. The third kappa shape index (κ3) is 9.23. The molecule has 52 heavy (non-hydrogen) atoms. The number of hydrogen-bond donors (Lipinski definition) is 2. The minimum Gasteiger partial charge on any atom is -0.488 e. The second-order valence-electron chi connectivity index (χ2n) is 11.8. The van der Waals surface area contributed by atoms with Crippen molar-refractivity contribution in [1.29, 1.82) is 0 Å². The predicted molar refractivity (Wildman–Crippen MR) is 190 cm³/mol. The molecule has 0 fully saturated rings. The number of anilines is 2. The molecule has 276 valence electrons. The number of benzene rings is 3. The summed E-state index contributed by atoms with van der Waals surface area (Å²) in [5.41, 5.74) is 4.04. The van der Waals surface area contributed by atoms with Crippen molar-refractivity contribution < 1.29 is 57.4 Å². The Labute approximate surface area is 299 Å². The Balaban J connectivity index is 1.57. The van der Waals surface area contributed by atoms with Crippen LogP contribution in [0.3, 0.4) is 0 Å². The van der Waals surface area contributed by atoms with Gasteiger partial charge in [0.05, 0.1) is 57.2 Å². The van der Waals surface area contributed by atoms with Gasteiger partial charge in [-0.3, -0.25) is 9.59 Å². The molecule has 0 aliphatic carbocycles. The molecule has 2 heterocycles. The number of carbonyl (C=O) groups is 4. The second kappa shape index (κ2) is 17.3. The van der Waals surface area contributed by atoms with E-state index in [1.54, 1.807) is 35.2 Å². The summed E-state index contributed by atoms with van der Waals surface area (Å²) in [5, 5.41) is 10.3. The molecule has 4 aromatic rings. The van der Waals surface area contributed by atoms with Crippen molar-refractivity contribution in [3.05, 3.63) is 65.7 Å². The number of aryl methyl sites for hydroxylation is 1. The topological polar surface area (TPSA) is 175 Å². The van der Waals surface area contributed by atoms with Crippen molar-refractivity contribution in [3.63, 3.8) is 0 Å². The Morgan fingerprint density at radius 1 is 0.769 bits per heavy atom. The smallest absolute Gasteiger partial charge is 0.341 e. The normalized spacial score (nSPS) is 13.7. The standard InChI is InChI=1S/C37H41N3O12/c1-23-5-8-29-32(15-23)50-13-14-51-33-18-26(28-16-24-6-7-25(37(45)48-4)17-27(24)38-28)31(52-22-34(41)42)19-30(33)40(21-36(44)47-3)10-12-49-11-9-39(29)20-35(43)46-2/h5-8,15-19,38H,9-14,20-22H2,1-4H3,(H,41,42). The summed E-state index contributed by atoms with van der Waals surface area (Å²) >= 11 is 0. The lowest BCUT2D eigenvalue weighted by Crippen LogP contribution is -2.36. The first kappa shape index (κ1) is 37.3. The highest BCUT2D eigenvalue weighted by Gasteiger charge is 2.24. The van der Waals surface area contributed by atoms with Crippen LogP contribution in [0.4, 0.5) is 11.4 Å². The average molecular weight is 720 g/mol. The second-order valence-corrected chi connectivity index (χ2v) is 11.8. The Hall–Kier alpha value is -5.96. The van der Waals surface area contributed by atoms with Crippen LogP contribution in [-0.2, 0) is 33.3 Å². The Morgan fingerprint density at radius 3 is 2.06 bits per heavy atom. The van der Waals surface area contributed by atoms with Crippen molar-refractivity contribution in [2.75, 3.05) is 90.3 Å². The molecule has 0 saturated carbocycles. The first-order valence-corrected chi connectivity index (χ1v) is 16.4. The summed E-state index contributed by atoms with van der Waals surface area (Å²) in [6.45, 7) is 2.16. The van der Waals surface area contributed by atoms with Crippen LogP contribution in [0.15, 0.2) is 54.6 Å². The lowest BCUT2D eigenvalue weighted by Gasteiger charge is -2.27. The number of methoxy groups -OCH3 is 3. The van der Waals surface area contributed by atoms with E-state index in [4.69, 9.17) is 33.2 Å². The molecular formula is C37H41N3O12. The number of nitrogens with zero attached hydrogens (tertiary/aromatic N) is 2. The maximum absolute atomic E-state index is 12.7. The number of H-pyrrole nitrogens is 1. The summed E-state index contributed by atoms with van der Waals surface area (Å²) in [6.07, 6.45) is 0. The number of aromatic nitrogens is 1. The van der Waals surface area contributed by atoms with Crippen LogP contribution < -0.4 is 24.0 Å². The van der Waals surface area contributed by atoms with Gasteiger partial charge < -0.3 is 53.0 Å². The SMILES string of the molecule is COC(=O)CN1CCOCCN(CC(=O)OC)c2cc(OCC(=O)O)c(-c3cc4ccc(C(=O)OC)cc4[nH]3)cc2OCCOc2cc(C)ccc21. The van der Waals surface area contributed by atoms with E-state index in [0.29, 0.717) is 51.8 Å². The van der Waals surface area contributed by atoms with Gasteiger partial charge >= 0.3 is 23.9 Å². The van der Waals surface area contributed by atoms with E-state index in [1.807, 2.05) is 36.1 Å². The Bertz CT molecular complexity index is 1920. The number of carboxylic acid groups (broad SMARTS) is 1. The van der Waals surface area contributed by atoms with E-state index in [1.165, 1.54) is 21.3 Å². The zero-order valence-corrected chi connectivity index (χ0v) is 29.4. The van der Waals surface area contributed by atoms with Gasteiger partial charge in [-0.25, -0.2) is 9.59 Å². The largest absolute Gasteiger partial charge is 0.488 e. The number of fused-ring (bicyclic) bond motifs is 3. The van der Waals surface area contributed by atoms with Crippen molar-refractivity contribution in [2.45, 2.75) is 6.92 Å². The zero-order valence-electron chi connectivity index (χ0n) is 29.4. The van der Waals surface area contributed by atoms with Crippen molar-refractivity contribution in [2.24, 2.45) is 0 Å². The van der Waals surface area contributed by atoms with E-state index >= 15 is 0 Å². The fourth-order valence-corrected chi connectivity index (χ4v) is 5.66. The maximum atomic E-state index is 12.7. The molecule has 0 radical (unpaired) electrons. The molecule has 0 atom stereocenters. The van der Waals surface area contributed by atoms with Crippen LogP contribution in [0.25, 0.3) is 22.2 Å². The molecule has 1 aliphatic rings. The van der Waals surface area contributed by atoms with Crippen LogP contribution in [0.5, 0.6) is 17.2 Å². The molecule has 0 bridgehead atoms. The monoisotopic (exact) mass is 719 g/mol. The van der Waals surface area contributed by atoms with Gasteiger partial charge in [-0.15, -0.1) is 0 Å². The van der Waals surface area contributed by atoms with Gasteiger partial charge in [0.2, 0.25) is 0 Å². The molecule has 0 amide bonds. The molecular weight excluding hydrogens is 678 g/mol. The number of hydrogen-bond acceptors (Lipinski definition) is 13. The van der Waals surface area contributed by atoms with Crippen LogP contribution in [0.2, 0.25) is 0 Å². The molecule has 0 saturated heterocycles. The molecule has 1 aromatic heterocycles. The van der Waals surface area contributed by atoms with Gasteiger partial charge in [-0.1, -0.05) is 12.1 Å². The summed E-state index contributed by atoms with van der Waals surface area (Å²) < 4.78 is 39.2. The fourth-order valence-electron chi connectivity index (χ4n) is 5.66. The third-order valence-corrected chi connectivity index (χ3v) is 8.25. The number of carbonyl (C=O) groups excluding carboxylic acids is 3. The Kier molecular flexibility index (Phi) is 12.4. The average Bonchev–Trinajstić information content (AvgIpc) is 3.57. The summed E-state index contributed by atoms with van der Waals surface area (Å²) in [4.78, 5) is 55.6. The lowest BCUT2D eigenvalue weighted by molar-refractivity contribution is -0.140. The zero-order chi connectivity index (χ0) is 37.2. The third-order valence-electron chi connectivity index (χ3n) is 8.25. The lowest BCUT2D eigenvalue weighted by atomic mass is 10.1. The minimum absolute atomic E-state index is 0.0324. The minimum atomic E-state index is -1.19. The summed E-state index contributed by atoms with van der Waals surface area (Å²) in [5.74, 6) is -1.57. The molecule has 15 heteroatoms. The van der Waals surface area contributed by atoms with Crippen molar-refractivity contribution in [3.8, 4) is 28.5 Å². The molecule has 5 rings (SSSR count). The van der Waals surface area contributed by atoms with Crippen molar-refractivity contribution >= 4 is 46.2 Å². The first-order valence-electron chi connectivity index (χ1n) is 16.4. The summed E-state index contributed by atoms with van der Waals surface area (Å²) in [6, 6.07) is 15.9. The number of rotatable bonds is 9. The summed E-state index contributed by atoms with van der Waals surface area (Å²) in [7, 11) is 3.91. The molecule has 15 nitrogen and oxygen atoms in total. The van der Waals surface area contributed by atoms with E-state index in [2.05, 4.69) is 4.98 Å². The highest BCUT2D eigenvalue weighted by Crippen LogP contribution is 2.42. The van der Waals surface area contributed by atoms with Gasteiger partial charge in [-0.2, -0.15) is 0 Å². The van der Waals surface area contributed by atoms with Crippen LogP contribution >= 0.6 is 0 Å². The molecule has 1 aliphatic heterocycles. The molecule has 2 N–H and O–H groups in total. The number of carboxylic acids is 1. The van der Waals surface area contributed by atoms with E-state index < -0.39 is 30.5 Å².